The van der Waals surface area contributed by atoms with E-state index in [0.29, 0.717) is 0 Å². The molecule has 1 N–H and O–H groups in total. The molecule has 0 aliphatic rings. The summed E-state index contributed by atoms with van der Waals surface area (Å²) in [4.78, 5) is 4.13. The Morgan fingerprint density at radius 3 is 2.69 bits per heavy atom. The highest BCUT2D eigenvalue weighted by atomic mass is 32.1. The first-order chi connectivity index (χ1) is 7.79. The van der Waals surface area contributed by atoms with Gasteiger partial charge in [-0.1, -0.05) is 17.7 Å². The van der Waals surface area contributed by atoms with Crippen molar-refractivity contribution in [3.63, 3.8) is 0 Å². The lowest BCUT2D eigenvalue weighted by Crippen LogP contribution is -2.07. The molecule has 1 unspecified atom stereocenters. The van der Waals surface area contributed by atoms with Crippen LogP contribution in [0.2, 0.25) is 0 Å². The van der Waals surface area contributed by atoms with E-state index in [-0.39, 0.29) is 6.04 Å². The average Bonchev–Trinajstić information content (AvgIpc) is 2.82. The molecule has 2 rings (SSSR count). The van der Waals surface area contributed by atoms with Gasteiger partial charge in [0.1, 0.15) is 5.01 Å². The fourth-order valence-electron chi connectivity index (χ4n) is 1.34. The van der Waals surface area contributed by atoms with E-state index < -0.39 is 0 Å². The van der Waals surface area contributed by atoms with Gasteiger partial charge >= 0.3 is 0 Å². The number of rotatable bonds is 3. The van der Waals surface area contributed by atoms with Crippen molar-refractivity contribution in [2.24, 2.45) is 0 Å². The predicted molar refractivity (Wildman–Crippen MR) is 65.3 cm³/mol. The van der Waals surface area contributed by atoms with Gasteiger partial charge in [0.25, 0.3) is 0 Å². The van der Waals surface area contributed by atoms with Crippen LogP contribution >= 0.6 is 11.3 Å². The summed E-state index contributed by atoms with van der Waals surface area (Å²) >= 11 is 1.48. The third kappa shape index (κ3) is 2.38. The summed E-state index contributed by atoms with van der Waals surface area (Å²) in [6.07, 6.45) is 1.71. The largest absolute Gasteiger partial charge is 0.364 e. The Morgan fingerprint density at radius 2 is 2.12 bits per heavy atom. The number of hydrogen-bond acceptors (Lipinski definition) is 4. The van der Waals surface area contributed by atoms with Gasteiger partial charge in [-0.05, 0) is 19.1 Å². The Kier molecular flexibility index (Phi) is 3.18. The SMILES string of the molecule is Cc1ccc(NC(C#N)c2nccs2)cc1. The van der Waals surface area contributed by atoms with E-state index in [1.165, 1.54) is 16.9 Å². The molecule has 3 nitrogen and oxygen atoms in total. The molecule has 0 saturated carbocycles. The third-order valence-corrected chi connectivity index (χ3v) is 3.03. The Morgan fingerprint density at radius 1 is 1.38 bits per heavy atom. The monoisotopic (exact) mass is 229 g/mol. The van der Waals surface area contributed by atoms with Crippen LogP contribution in [-0.4, -0.2) is 4.98 Å². The predicted octanol–water partition coefficient (Wildman–Crippen LogP) is 3.13. The van der Waals surface area contributed by atoms with Crippen LogP contribution in [0.3, 0.4) is 0 Å². The van der Waals surface area contributed by atoms with Crippen molar-refractivity contribution in [3.8, 4) is 6.07 Å². The average molecular weight is 229 g/mol. The quantitative estimate of drug-likeness (QED) is 0.879. The molecule has 0 radical (unpaired) electrons. The van der Waals surface area contributed by atoms with Gasteiger partial charge in [-0.2, -0.15) is 5.26 Å². The second kappa shape index (κ2) is 4.77. The first-order valence-corrected chi connectivity index (χ1v) is 5.80. The number of benzene rings is 1. The fourth-order valence-corrected chi connectivity index (χ4v) is 1.97. The van der Waals surface area contributed by atoms with Crippen molar-refractivity contribution in [1.82, 2.24) is 4.98 Å². The highest BCUT2D eigenvalue weighted by molar-refractivity contribution is 7.09. The van der Waals surface area contributed by atoms with Gasteiger partial charge in [0.2, 0.25) is 0 Å². The van der Waals surface area contributed by atoms with Crippen LogP contribution < -0.4 is 5.32 Å². The number of hydrogen-bond donors (Lipinski definition) is 1. The van der Waals surface area contributed by atoms with Crippen molar-refractivity contribution in [1.29, 1.82) is 5.26 Å². The number of anilines is 1. The molecule has 1 heterocycles. The van der Waals surface area contributed by atoms with Gasteiger partial charge in [0, 0.05) is 17.3 Å². The lowest BCUT2D eigenvalue weighted by molar-refractivity contribution is 0.974. The van der Waals surface area contributed by atoms with Crippen LogP contribution in [0.15, 0.2) is 35.8 Å². The molecule has 0 amide bonds. The Hall–Kier alpha value is -1.86. The molecule has 0 saturated heterocycles. The number of thiazole rings is 1. The molecular formula is C12H11N3S. The summed E-state index contributed by atoms with van der Waals surface area (Å²) in [5, 5.41) is 14.9. The summed E-state index contributed by atoms with van der Waals surface area (Å²) in [7, 11) is 0. The minimum Gasteiger partial charge on any atom is -0.364 e. The summed E-state index contributed by atoms with van der Waals surface area (Å²) < 4.78 is 0. The van der Waals surface area contributed by atoms with Gasteiger partial charge in [0.05, 0.1) is 6.07 Å². The van der Waals surface area contributed by atoms with E-state index in [4.69, 9.17) is 5.26 Å². The van der Waals surface area contributed by atoms with Crippen molar-refractivity contribution in [2.75, 3.05) is 5.32 Å². The maximum atomic E-state index is 9.07. The van der Waals surface area contributed by atoms with Gasteiger partial charge < -0.3 is 5.32 Å². The van der Waals surface area contributed by atoms with Crippen LogP contribution in [0, 0.1) is 18.3 Å². The molecule has 1 atom stereocenters. The zero-order chi connectivity index (χ0) is 11.4. The molecule has 0 aliphatic heterocycles. The minimum absolute atomic E-state index is 0.372. The van der Waals surface area contributed by atoms with E-state index in [1.807, 2.05) is 36.6 Å². The normalized spacial score (nSPS) is 11.8. The van der Waals surface area contributed by atoms with E-state index in [0.717, 1.165) is 10.7 Å². The van der Waals surface area contributed by atoms with Gasteiger partial charge in [-0.3, -0.25) is 0 Å². The molecule has 2 aromatic rings. The molecule has 16 heavy (non-hydrogen) atoms. The molecule has 0 spiro atoms. The van der Waals surface area contributed by atoms with Crippen LogP contribution in [0.5, 0.6) is 0 Å². The van der Waals surface area contributed by atoms with Gasteiger partial charge in [0.15, 0.2) is 6.04 Å². The van der Waals surface area contributed by atoms with E-state index >= 15 is 0 Å². The zero-order valence-corrected chi connectivity index (χ0v) is 9.66. The summed E-state index contributed by atoms with van der Waals surface area (Å²) in [5.74, 6) is 0. The highest BCUT2D eigenvalue weighted by Crippen LogP contribution is 2.20. The Balaban J connectivity index is 2.14. The molecule has 1 aromatic heterocycles. The smallest absolute Gasteiger partial charge is 0.166 e. The van der Waals surface area contributed by atoms with Gasteiger partial charge in [-0.15, -0.1) is 11.3 Å². The molecule has 4 heteroatoms. The molecule has 0 aliphatic carbocycles. The molecule has 0 bridgehead atoms. The molecule has 1 aromatic carbocycles. The van der Waals surface area contributed by atoms with Crippen LogP contribution in [0.4, 0.5) is 5.69 Å². The van der Waals surface area contributed by atoms with Crippen molar-refractivity contribution >= 4 is 17.0 Å². The topological polar surface area (TPSA) is 48.7 Å². The highest BCUT2D eigenvalue weighted by Gasteiger charge is 2.12. The van der Waals surface area contributed by atoms with E-state index in [2.05, 4.69) is 16.4 Å². The molecule has 80 valence electrons. The first-order valence-electron chi connectivity index (χ1n) is 4.92. The lowest BCUT2D eigenvalue weighted by Gasteiger charge is -2.10. The third-order valence-electron chi connectivity index (χ3n) is 2.19. The minimum atomic E-state index is -0.372. The van der Waals surface area contributed by atoms with Crippen molar-refractivity contribution < 1.29 is 0 Å². The van der Waals surface area contributed by atoms with E-state index in [9.17, 15) is 0 Å². The number of aromatic nitrogens is 1. The lowest BCUT2D eigenvalue weighted by atomic mass is 10.2. The summed E-state index contributed by atoms with van der Waals surface area (Å²) in [6.45, 7) is 2.03. The summed E-state index contributed by atoms with van der Waals surface area (Å²) in [6, 6.07) is 9.79. The zero-order valence-electron chi connectivity index (χ0n) is 8.84. The second-order valence-corrected chi connectivity index (χ2v) is 4.37. The number of nitrogens with one attached hydrogen (secondary N) is 1. The number of nitriles is 1. The summed E-state index contributed by atoms with van der Waals surface area (Å²) in [5.41, 5.74) is 2.14. The Bertz CT molecular complexity index is 482. The number of nitrogens with zero attached hydrogens (tertiary/aromatic N) is 2. The first kappa shape index (κ1) is 10.7. The fraction of sp³-hybridized carbons (Fsp3) is 0.167. The molecule has 0 fully saturated rings. The van der Waals surface area contributed by atoms with Crippen LogP contribution in [0.1, 0.15) is 16.6 Å². The van der Waals surface area contributed by atoms with Crippen LogP contribution in [0.25, 0.3) is 0 Å². The van der Waals surface area contributed by atoms with Crippen LogP contribution in [-0.2, 0) is 0 Å². The Labute approximate surface area is 98.4 Å². The number of aryl methyl sites for hydroxylation is 1. The maximum absolute atomic E-state index is 9.07. The standard InChI is InChI=1S/C12H11N3S/c1-9-2-4-10(5-3-9)15-11(8-13)12-14-6-7-16-12/h2-7,11,15H,1H3. The van der Waals surface area contributed by atoms with Crippen molar-refractivity contribution in [2.45, 2.75) is 13.0 Å². The second-order valence-electron chi connectivity index (χ2n) is 3.44. The van der Waals surface area contributed by atoms with Crippen molar-refractivity contribution in [3.05, 3.63) is 46.4 Å². The maximum Gasteiger partial charge on any atom is 0.166 e. The van der Waals surface area contributed by atoms with Gasteiger partial charge in [-0.25, -0.2) is 4.98 Å². The molecular weight excluding hydrogens is 218 g/mol. The van der Waals surface area contributed by atoms with E-state index in [1.54, 1.807) is 6.20 Å².